The number of carbonyl (C=O) groups excluding carboxylic acids is 2. The second-order valence-corrected chi connectivity index (χ2v) is 5.98. The predicted octanol–water partition coefficient (Wildman–Crippen LogP) is 1.11. The first-order chi connectivity index (χ1) is 11.6. The number of methoxy groups -OCH3 is 1. The van der Waals surface area contributed by atoms with Gasteiger partial charge in [0, 0.05) is 25.1 Å². The molecule has 2 saturated heterocycles. The van der Waals surface area contributed by atoms with Crippen molar-refractivity contribution in [3.63, 3.8) is 0 Å². The van der Waals surface area contributed by atoms with Gasteiger partial charge in [0.05, 0.1) is 26.9 Å². The molecule has 0 saturated carbocycles. The lowest BCUT2D eigenvalue weighted by Gasteiger charge is -2.32. The Bertz CT molecular complexity index is 618. The number of nitrogens with zero attached hydrogens (tertiary/aromatic N) is 2. The van der Waals surface area contributed by atoms with Crippen LogP contribution in [0.25, 0.3) is 0 Å². The Morgan fingerprint density at radius 2 is 2.04 bits per heavy atom. The van der Waals surface area contributed by atoms with E-state index in [0.717, 1.165) is 0 Å². The molecule has 0 aromatic heterocycles. The normalized spacial score (nSPS) is 24.1. The summed E-state index contributed by atoms with van der Waals surface area (Å²) in [6.07, 6.45) is -1.14. The average Bonchev–Trinajstić information content (AvgIpc) is 3.03. The zero-order chi connectivity index (χ0) is 17.1. The molecule has 0 aliphatic carbocycles. The molecule has 0 unspecified atom stereocenters. The summed E-state index contributed by atoms with van der Waals surface area (Å²) in [5.74, 6) is 0.00302. The van der Waals surface area contributed by atoms with Crippen LogP contribution in [0.1, 0.15) is 16.8 Å². The highest BCUT2D eigenvalue weighted by Crippen LogP contribution is 2.25. The second kappa shape index (κ2) is 7.17. The maximum Gasteiger partial charge on any atom is 0.254 e. The van der Waals surface area contributed by atoms with Crippen molar-refractivity contribution in [2.24, 2.45) is 0 Å². The van der Waals surface area contributed by atoms with Gasteiger partial charge in [-0.2, -0.15) is 0 Å². The van der Waals surface area contributed by atoms with Crippen molar-refractivity contribution in [2.45, 2.75) is 18.6 Å². The topological polar surface area (TPSA) is 59.1 Å². The van der Waals surface area contributed by atoms with Crippen LogP contribution in [0.15, 0.2) is 24.3 Å². The van der Waals surface area contributed by atoms with Gasteiger partial charge in [-0.05, 0) is 18.2 Å². The van der Waals surface area contributed by atoms with E-state index in [2.05, 4.69) is 0 Å². The number of hydrogen-bond donors (Lipinski definition) is 0. The van der Waals surface area contributed by atoms with Crippen LogP contribution in [0.4, 0.5) is 4.39 Å². The zero-order valence-corrected chi connectivity index (χ0v) is 13.6. The summed E-state index contributed by atoms with van der Waals surface area (Å²) < 4.78 is 24.3. The van der Waals surface area contributed by atoms with E-state index in [4.69, 9.17) is 9.47 Å². The number of amides is 2. The van der Waals surface area contributed by atoms with Crippen molar-refractivity contribution < 1.29 is 23.5 Å². The van der Waals surface area contributed by atoms with Crippen LogP contribution < -0.4 is 4.74 Å². The lowest BCUT2D eigenvalue weighted by Crippen LogP contribution is -2.51. The summed E-state index contributed by atoms with van der Waals surface area (Å²) in [5, 5.41) is 0. The number of rotatable bonds is 3. The van der Waals surface area contributed by atoms with Crippen molar-refractivity contribution >= 4 is 11.8 Å². The minimum Gasteiger partial charge on any atom is -0.497 e. The summed E-state index contributed by atoms with van der Waals surface area (Å²) in [4.78, 5) is 28.5. The number of benzene rings is 1. The molecule has 1 aromatic rings. The van der Waals surface area contributed by atoms with Crippen molar-refractivity contribution in [3.05, 3.63) is 29.8 Å². The van der Waals surface area contributed by atoms with Crippen molar-refractivity contribution in [2.75, 3.05) is 40.0 Å². The van der Waals surface area contributed by atoms with Gasteiger partial charge in [-0.15, -0.1) is 0 Å². The van der Waals surface area contributed by atoms with Crippen LogP contribution >= 0.6 is 0 Å². The lowest BCUT2D eigenvalue weighted by molar-refractivity contribution is -0.139. The summed E-state index contributed by atoms with van der Waals surface area (Å²) in [6.45, 7) is 1.85. The average molecular weight is 336 g/mol. The fraction of sp³-hybridized carbons (Fsp3) is 0.529. The van der Waals surface area contributed by atoms with Crippen molar-refractivity contribution in [1.82, 2.24) is 9.80 Å². The van der Waals surface area contributed by atoms with Gasteiger partial charge in [0.1, 0.15) is 18.0 Å². The highest BCUT2D eigenvalue weighted by Gasteiger charge is 2.42. The molecule has 2 fully saturated rings. The Morgan fingerprint density at radius 1 is 1.29 bits per heavy atom. The molecule has 2 amide bonds. The fourth-order valence-electron chi connectivity index (χ4n) is 3.16. The molecular weight excluding hydrogens is 315 g/mol. The van der Waals surface area contributed by atoms with E-state index in [9.17, 15) is 14.0 Å². The standard InChI is InChI=1S/C17H21FN2O4/c1-23-14-4-2-3-12(9-14)16(21)20-11-13(18)10-15(20)17(22)19-5-7-24-8-6-19/h2-4,9,13,15H,5-8,10-11H2,1H3/t13-,15+/m1/s1. The van der Waals surface area contributed by atoms with Gasteiger partial charge in [-0.25, -0.2) is 4.39 Å². The molecule has 7 heteroatoms. The van der Waals surface area contributed by atoms with E-state index >= 15 is 0 Å². The van der Waals surface area contributed by atoms with E-state index in [0.29, 0.717) is 37.6 Å². The number of ether oxygens (including phenoxy) is 2. The summed E-state index contributed by atoms with van der Waals surface area (Å²) >= 11 is 0. The summed E-state index contributed by atoms with van der Waals surface area (Å²) in [7, 11) is 1.52. The molecule has 0 spiro atoms. The first kappa shape index (κ1) is 16.7. The Hall–Kier alpha value is -2.15. The molecule has 6 nitrogen and oxygen atoms in total. The van der Waals surface area contributed by atoms with Gasteiger partial charge in [0.25, 0.3) is 5.91 Å². The smallest absolute Gasteiger partial charge is 0.254 e. The Balaban J connectivity index is 1.79. The van der Waals surface area contributed by atoms with Crippen LogP contribution in [0.3, 0.4) is 0 Å². The first-order valence-electron chi connectivity index (χ1n) is 8.06. The summed E-state index contributed by atoms with van der Waals surface area (Å²) in [5.41, 5.74) is 0.392. The van der Waals surface area contributed by atoms with E-state index in [1.807, 2.05) is 0 Å². The van der Waals surface area contributed by atoms with E-state index < -0.39 is 12.2 Å². The third-order valence-corrected chi connectivity index (χ3v) is 4.44. The van der Waals surface area contributed by atoms with Crippen LogP contribution in [0.5, 0.6) is 5.75 Å². The maximum absolute atomic E-state index is 14.0. The maximum atomic E-state index is 14.0. The number of morpholine rings is 1. The van der Waals surface area contributed by atoms with Crippen molar-refractivity contribution in [3.8, 4) is 5.75 Å². The molecule has 2 heterocycles. The predicted molar refractivity (Wildman–Crippen MR) is 84.7 cm³/mol. The quantitative estimate of drug-likeness (QED) is 0.830. The number of carbonyl (C=O) groups is 2. The lowest BCUT2D eigenvalue weighted by atomic mass is 10.1. The molecular formula is C17H21FN2O4. The van der Waals surface area contributed by atoms with Crippen molar-refractivity contribution in [1.29, 1.82) is 0 Å². The molecule has 2 aliphatic heterocycles. The molecule has 1 aromatic carbocycles. The van der Waals surface area contributed by atoms with Gasteiger partial charge < -0.3 is 19.3 Å². The van der Waals surface area contributed by atoms with Gasteiger partial charge in [0.15, 0.2) is 0 Å². The molecule has 0 radical (unpaired) electrons. The molecule has 3 rings (SSSR count). The molecule has 0 bridgehead atoms. The minimum atomic E-state index is -1.19. The number of alkyl halides is 1. The monoisotopic (exact) mass is 336 g/mol. The molecule has 24 heavy (non-hydrogen) atoms. The molecule has 2 aliphatic rings. The van der Waals surface area contributed by atoms with Crippen LogP contribution in [-0.4, -0.2) is 73.8 Å². The van der Waals surface area contributed by atoms with Gasteiger partial charge in [0.2, 0.25) is 5.91 Å². The number of likely N-dealkylation sites (tertiary alicyclic amines) is 1. The SMILES string of the molecule is COc1cccc(C(=O)N2C[C@H](F)C[C@H]2C(=O)N2CCOCC2)c1. The third-order valence-electron chi connectivity index (χ3n) is 4.44. The molecule has 130 valence electrons. The van der Waals surface area contributed by atoms with Gasteiger partial charge >= 0.3 is 0 Å². The minimum absolute atomic E-state index is 0.0475. The van der Waals surface area contributed by atoms with Crippen LogP contribution in [-0.2, 0) is 9.53 Å². The van der Waals surface area contributed by atoms with E-state index in [1.54, 1.807) is 29.2 Å². The second-order valence-electron chi connectivity index (χ2n) is 5.98. The molecule has 2 atom stereocenters. The number of halogens is 1. The molecule has 0 N–H and O–H groups in total. The number of hydrogen-bond acceptors (Lipinski definition) is 4. The van der Waals surface area contributed by atoms with Gasteiger partial charge in [-0.1, -0.05) is 6.07 Å². The highest BCUT2D eigenvalue weighted by atomic mass is 19.1. The van der Waals surface area contributed by atoms with Crippen LogP contribution in [0, 0.1) is 0 Å². The van der Waals surface area contributed by atoms with E-state index in [-0.39, 0.29) is 24.8 Å². The first-order valence-corrected chi connectivity index (χ1v) is 8.06. The highest BCUT2D eigenvalue weighted by molar-refractivity contribution is 5.98. The summed E-state index contributed by atoms with van der Waals surface area (Å²) in [6, 6.07) is 5.93. The largest absolute Gasteiger partial charge is 0.497 e. The van der Waals surface area contributed by atoms with Crippen LogP contribution in [0.2, 0.25) is 0 Å². The Morgan fingerprint density at radius 3 is 2.75 bits per heavy atom. The zero-order valence-electron chi connectivity index (χ0n) is 13.6. The Kier molecular flexibility index (Phi) is 4.99. The Labute approximate surface area is 140 Å². The van der Waals surface area contributed by atoms with E-state index in [1.165, 1.54) is 12.0 Å². The third kappa shape index (κ3) is 3.36. The van der Waals surface area contributed by atoms with Gasteiger partial charge in [-0.3, -0.25) is 9.59 Å². The fourth-order valence-corrected chi connectivity index (χ4v) is 3.16.